The summed E-state index contributed by atoms with van der Waals surface area (Å²) in [6.45, 7) is 20.4. The van der Waals surface area contributed by atoms with E-state index in [1.807, 2.05) is 0 Å². The van der Waals surface area contributed by atoms with Crippen LogP contribution < -0.4 is 0 Å². The van der Waals surface area contributed by atoms with Crippen molar-refractivity contribution in [2.45, 2.75) is 145 Å². The molecule has 2 amide bonds. The Kier molecular flexibility index (Phi) is 6.62. The second-order valence-corrected chi connectivity index (χ2v) is 17.5. The second kappa shape index (κ2) is 9.21. The molecule has 6 nitrogen and oxygen atoms in total. The number of rotatable bonds is 2. The first-order chi connectivity index (χ1) is 19.0. The first-order valence-electron chi connectivity index (χ1n) is 16.7. The maximum absolute atomic E-state index is 12.7. The number of hydrogen-bond acceptors (Lipinski definition) is 5. The summed E-state index contributed by atoms with van der Waals surface area (Å²) in [6, 6.07) is 0. The van der Waals surface area contributed by atoms with Gasteiger partial charge in [0, 0.05) is 12.8 Å². The molecule has 6 fully saturated rings. The van der Waals surface area contributed by atoms with E-state index in [-0.39, 0.29) is 35.7 Å². The highest BCUT2D eigenvalue weighted by Gasteiger charge is 2.71. The third kappa shape index (κ3) is 4.10. The Morgan fingerprint density at radius 3 is 2.00 bits per heavy atom. The molecule has 0 aromatic rings. The predicted molar refractivity (Wildman–Crippen MR) is 157 cm³/mol. The average molecular weight is 570 g/mol. The van der Waals surface area contributed by atoms with E-state index in [0.29, 0.717) is 32.6 Å². The maximum Gasteiger partial charge on any atom is 0.534 e. The third-order valence-corrected chi connectivity index (χ3v) is 15.3. The van der Waals surface area contributed by atoms with Gasteiger partial charge in [-0.05, 0) is 127 Å². The Labute approximate surface area is 248 Å². The molecule has 5 aliphatic carbocycles. The molecule has 5 saturated carbocycles. The maximum atomic E-state index is 12.7. The van der Waals surface area contributed by atoms with E-state index >= 15 is 0 Å². The Morgan fingerprint density at radius 1 is 0.707 bits per heavy atom. The van der Waals surface area contributed by atoms with E-state index in [1.54, 1.807) is 0 Å². The SMILES string of the molecule is C[C@H]1[C@@H](OC(=O)ON2C(=O)CCC2=O)CC[C@@H]2[C@]1(C)CC[C@H]1[C@@]2(C)CCC2(C)[C@@H]3CC(C)(C)CC[C@]3(C)CC[C@]12C. The van der Waals surface area contributed by atoms with Crippen LogP contribution in [0, 0.1) is 56.2 Å². The van der Waals surface area contributed by atoms with Gasteiger partial charge in [-0.25, -0.2) is 4.79 Å². The first-order valence-corrected chi connectivity index (χ1v) is 16.7. The van der Waals surface area contributed by atoms with E-state index < -0.39 is 18.0 Å². The summed E-state index contributed by atoms with van der Waals surface area (Å²) in [5.41, 5.74) is 2.04. The molecule has 0 aromatic carbocycles. The molecule has 0 aromatic heterocycles. The van der Waals surface area contributed by atoms with Crippen LogP contribution in [0.5, 0.6) is 0 Å². The number of fused-ring (bicyclic) bond motifs is 7. The van der Waals surface area contributed by atoms with Crippen molar-refractivity contribution in [2.24, 2.45) is 56.2 Å². The van der Waals surface area contributed by atoms with Gasteiger partial charge in [0.25, 0.3) is 11.8 Å². The number of carbonyl (C=O) groups excluding carboxylic acids is 3. The Morgan fingerprint density at radius 2 is 1.32 bits per heavy atom. The zero-order valence-electron chi connectivity index (χ0n) is 27.1. The summed E-state index contributed by atoms with van der Waals surface area (Å²) in [7, 11) is 0. The molecule has 230 valence electrons. The van der Waals surface area contributed by atoms with Crippen LogP contribution >= 0.6 is 0 Å². The molecule has 0 N–H and O–H groups in total. The number of carbonyl (C=O) groups is 3. The van der Waals surface area contributed by atoms with Gasteiger partial charge in [0.05, 0.1) is 0 Å². The van der Waals surface area contributed by atoms with Crippen LogP contribution in [-0.2, 0) is 19.2 Å². The Balaban J connectivity index is 1.22. The molecule has 10 atom stereocenters. The quantitative estimate of drug-likeness (QED) is 0.246. The van der Waals surface area contributed by atoms with E-state index in [4.69, 9.17) is 9.57 Å². The molecule has 6 rings (SSSR count). The first kappa shape index (κ1) is 29.5. The van der Waals surface area contributed by atoms with Gasteiger partial charge in [-0.2, -0.15) is 0 Å². The van der Waals surface area contributed by atoms with Gasteiger partial charge in [0.1, 0.15) is 6.10 Å². The fraction of sp³-hybridized carbons (Fsp3) is 0.914. The number of amides is 2. The molecule has 41 heavy (non-hydrogen) atoms. The lowest BCUT2D eigenvalue weighted by Gasteiger charge is -2.75. The summed E-state index contributed by atoms with van der Waals surface area (Å²) in [5, 5.41) is 0.592. The van der Waals surface area contributed by atoms with Crippen molar-refractivity contribution in [3.8, 4) is 0 Å². The molecule has 1 heterocycles. The highest BCUT2D eigenvalue weighted by Crippen LogP contribution is 2.78. The smallest absolute Gasteiger partial charge is 0.429 e. The largest absolute Gasteiger partial charge is 0.534 e. The monoisotopic (exact) mass is 569 g/mol. The van der Waals surface area contributed by atoms with Gasteiger partial charge >= 0.3 is 6.16 Å². The minimum atomic E-state index is -0.922. The van der Waals surface area contributed by atoms with Gasteiger partial charge in [0.15, 0.2) is 0 Å². The van der Waals surface area contributed by atoms with E-state index in [9.17, 15) is 14.4 Å². The zero-order valence-corrected chi connectivity index (χ0v) is 27.1. The standard InChI is InChI=1S/C35H55NO5/c1-22-23(40-29(39)41-36-27(37)11-12-28(36)38)9-10-24-32(22,5)14-13-25-33(24,6)18-20-35(8)26-21-30(2,3)15-16-31(26,4)17-19-34(25,35)7/h22-26H,9-21H2,1-8H3/t22-,23-,24+,25-,26+,31+,32+,33-,34+,35?/m0/s1. The minimum Gasteiger partial charge on any atom is -0.429 e. The second-order valence-electron chi connectivity index (χ2n) is 17.5. The topological polar surface area (TPSA) is 72.9 Å². The normalized spacial score (nSPS) is 50.7. The van der Waals surface area contributed by atoms with Gasteiger partial charge in [0.2, 0.25) is 0 Å². The van der Waals surface area contributed by atoms with Crippen LogP contribution in [0.25, 0.3) is 0 Å². The molecule has 1 saturated heterocycles. The van der Waals surface area contributed by atoms with Crippen LogP contribution in [0.2, 0.25) is 0 Å². The Bertz CT molecular complexity index is 1120. The Hall–Kier alpha value is -1.59. The highest BCUT2D eigenvalue weighted by atomic mass is 16.8. The fourth-order valence-corrected chi connectivity index (χ4v) is 12.4. The summed E-state index contributed by atoms with van der Waals surface area (Å²) in [6.07, 6.45) is 12.8. The fourth-order valence-electron chi connectivity index (χ4n) is 12.4. The zero-order chi connectivity index (χ0) is 29.8. The average Bonchev–Trinajstić information content (AvgIpc) is 3.21. The molecule has 6 heteroatoms. The van der Waals surface area contributed by atoms with Gasteiger partial charge in [-0.15, -0.1) is 0 Å². The molecule has 0 radical (unpaired) electrons. The van der Waals surface area contributed by atoms with E-state index in [1.165, 1.54) is 51.4 Å². The van der Waals surface area contributed by atoms with Crippen molar-refractivity contribution >= 4 is 18.0 Å². The third-order valence-electron chi connectivity index (χ3n) is 15.3. The number of hydrogen-bond donors (Lipinski definition) is 0. The van der Waals surface area contributed by atoms with Crippen molar-refractivity contribution < 1.29 is 24.0 Å². The van der Waals surface area contributed by atoms with Crippen LogP contribution in [-0.4, -0.2) is 29.1 Å². The predicted octanol–water partition coefficient (Wildman–Crippen LogP) is 8.47. The summed E-state index contributed by atoms with van der Waals surface area (Å²) in [5.74, 6) is 1.37. The lowest BCUT2D eigenvalue weighted by atomic mass is 9.30. The molecule has 0 spiro atoms. The van der Waals surface area contributed by atoms with Crippen molar-refractivity contribution in [3.05, 3.63) is 0 Å². The van der Waals surface area contributed by atoms with Crippen molar-refractivity contribution in [1.82, 2.24) is 5.06 Å². The molecule has 1 unspecified atom stereocenters. The lowest BCUT2D eigenvalue weighted by Crippen LogP contribution is -2.68. The molecule has 0 bridgehead atoms. The van der Waals surface area contributed by atoms with Gasteiger partial charge < -0.3 is 4.74 Å². The highest BCUT2D eigenvalue weighted by molar-refractivity contribution is 6.01. The van der Waals surface area contributed by atoms with Crippen molar-refractivity contribution in [2.75, 3.05) is 0 Å². The number of nitrogens with zero attached hydrogens (tertiary/aromatic N) is 1. The molecule has 6 aliphatic rings. The van der Waals surface area contributed by atoms with Crippen LogP contribution in [0.4, 0.5) is 4.79 Å². The van der Waals surface area contributed by atoms with E-state index in [2.05, 4.69) is 55.4 Å². The van der Waals surface area contributed by atoms with Crippen molar-refractivity contribution in [3.63, 3.8) is 0 Å². The van der Waals surface area contributed by atoms with Crippen LogP contribution in [0.1, 0.15) is 139 Å². The lowest BCUT2D eigenvalue weighted by molar-refractivity contribution is -0.263. The summed E-state index contributed by atoms with van der Waals surface area (Å²) >= 11 is 0. The summed E-state index contributed by atoms with van der Waals surface area (Å²) in [4.78, 5) is 41.6. The van der Waals surface area contributed by atoms with Crippen molar-refractivity contribution in [1.29, 1.82) is 0 Å². The number of hydroxylamine groups is 2. The summed E-state index contributed by atoms with van der Waals surface area (Å²) < 4.78 is 5.85. The number of ether oxygens (including phenoxy) is 1. The molecular formula is C35H55NO5. The van der Waals surface area contributed by atoms with Gasteiger partial charge in [-0.3, -0.25) is 14.4 Å². The van der Waals surface area contributed by atoms with Crippen LogP contribution in [0.15, 0.2) is 0 Å². The van der Waals surface area contributed by atoms with Gasteiger partial charge in [-0.1, -0.05) is 60.5 Å². The van der Waals surface area contributed by atoms with E-state index in [0.717, 1.165) is 31.1 Å². The molecular weight excluding hydrogens is 514 g/mol. The van der Waals surface area contributed by atoms with Crippen LogP contribution in [0.3, 0.4) is 0 Å². The molecule has 1 aliphatic heterocycles. The number of imide groups is 1. The minimum absolute atomic E-state index is 0.0772.